The molecule has 1 N–H and O–H groups in total. The van der Waals surface area contributed by atoms with Crippen molar-refractivity contribution in [3.05, 3.63) is 27.7 Å². The van der Waals surface area contributed by atoms with Gasteiger partial charge in [0.2, 0.25) is 0 Å². The number of benzene rings is 1. The Morgan fingerprint density at radius 2 is 2.00 bits per heavy atom. The summed E-state index contributed by atoms with van der Waals surface area (Å²) in [6, 6.07) is 3.70. The van der Waals surface area contributed by atoms with Gasteiger partial charge < -0.3 is 14.7 Å². The topological polar surface area (TPSA) is 49.8 Å². The first-order valence-corrected chi connectivity index (χ1v) is 7.13. The molecule has 0 unspecified atom stereocenters. The molecule has 19 heavy (non-hydrogen) atoms. The Labute approximate surface area is 122 Å². The maximum atomic E-state index is 11.9. The number of hydrogen-bond acceptors (Lipinski definition) is 3. The van der Waals surface area contributed by atoms with Gasteiger partial charge in [-0.2, -0.15) is 0 Å². The Morgan fingerprint density at radius 3 is 2.53 bits per heavy atom. The number of hydrogen-bond donors (Lipinski definition) is 1. The van der Waals surface area contributed by atoms with E-state index in [0.29, 0.717) is 24.4 Å². The van der Waals surface area contributed by atoms with Crippen molar-refractivity contribution in [2.75, 3.05) is 19.7 Å². The van der Waals surface area contributed by atoms with Gasteiger partial charge >= 0.3 is 0 Å². The first-order chi connectivity index (χ1) is 9.03. The van der Waals surface area contributed by atoms with Gasteiger partial charge in [0.25, 0.3) is 5.91 Å². The molecule has 0 aliphatic heterocycles. The van der Waals surface area contributed by atoms with E-state index in [0.717, 1.165) is 10.0 Å². The molecule has 4 nitrogen and oxygen atoms in total. The smallest absolute Gasteiger partial charge is 0.260 e. The predicted molar refractivity (Wildman–Crippen MR) is 78.2 cm³/mol. The van der Waals surface area contributed by atoms with Crippen molar-refractivity contribution in [2.45, 2.75) is 27.4 Å². The zero-order valence-electron chi connectivity index (χ0n) is 11.6. The third-order valence-electron chi connectivity index (χ3n) is 2.94. The van der Waals surface area contributed by atoms with Crippen LogP contribution < -0.4 is 4.74 Å². The number of halogens is 1. The second-order valence-corrected chi connectivity index (χ2v) is 5.14. The number of nitrogens with zero attached hydrogens (tertiary/aromatic N) is 1. The van der Waals surface area contributed by atoms with Crippen molar-refractivity contribution in [3.63, 3.8) is 0 Å². The fourth-order valence-electron chi connectivity index (χ4n) is 1.92. The first kappa shape index (κ1) is 16.0. The summed E-state index contributed by atoms with van der Waals surface area (Å²) in [4.78, 5) is 13.6. The summed E-state index contributed by atoms with van der Waals surface area (Å²) in [6.07, 6.45) is 0. The quantitative estimate of drug-likeness (QED) is 0.872. The number of likely N-dealkylation sites (N-methyl/N-ethyl adjacent to an activating group) is 1. The summed E-state index contributed by atoms with van der Waals surface area (Å²) in [5, 5.41) is 9.34. The molecule has 0 fully saturated rings. The van der Waals surface area contributed by atoms with Crippen LogP contribution in [0.2, 0.25) is 0 Å². The second-order valence-electron chi connectivity index (χ2n) is 4.22. The van der Waals surface area contributed by atoms with Crippen molar-refractivity contribution in [3.8, 4) is 5.75 Å². The molecule has 0 saturated carbocycles. The Balaban J connectivity index is 2.80. The molecule has 0 atom stereocenters. The number of rotatable bonds is 6. The highest BCUT2D eigenvalue weighted by atomic mass is 79.9. The lowest BCUT2D eigenvalue weighted by molar-refractivity contribution is -0.133. The summed E-state index contributed by atoms with van der Waals surface area (Å²) in [6.45, 7) is 6.99. The van der Waals surface area contributed by atoms with Crippen molar-refractivity contribution < 1.29 is 14.6 Å². The minimum absolute atomic E-state index is 0.00283. The molecule has 0 radical (unpaired) electrons. The Morgan fingerprint density at radius 1 is 1.37 bits per heavy atom. The molecule has 0 spiro atoms. The van der Waals surface area contributed by atoms with Gasteiger partial charge in [0.1, 0.15) is 5.75 Å². The van der Waals surface area contributed by atoms with Crippen LogP contribution in [0, 0.1) is 6.92 Å². The van der Waals surface area contributed by atoms with Crippen LogP contribution in [0.1, 0.15) is 25.0 Å². The number of aliphatic hydroxyl groups is 1. The molecular formula is C14H20BrNO3. The number of carbonyl (C=O) groups excluding carboxylic acids is 1. The third-order valence-corrected chi connectivity index (χ3v) is 3.40. The molecule has 0 saturated heterocycles. The summed E-state index contributed by atoms with van der Waals surface area (Å²) < 4.78 is 6.47. The van der Waals surface area contributed by atoms with Gasteiger partial charge in [0.15, 0.2) is 6.61 Å². The van der Waals surface area contributed by atoms with Gasteiger partial charge in [-0.1, -0.05) is 15.9 Å². The van der Waals surface area contributed by atoms with E-state index in [4.69, 9.17) is 4.74 Å². The Bertz CT molecular complexity index is 445. The van der Waals surface area contributed by atoms with E-state index in [1.807, 2.05) is 26.8 Å². The molecule has 106 valence electrons. The van der Waals surface area contributed by atoms with E-state index < -0.39 is 0 Å². The Hall–Kier alpha value is -1.07. The third kappa shape index (κ3) is 4.21. The minimum Gasteiger partial charge on any atom is -0.483 e. The predicted octanol–water partition coefficient (Wildman–Crippen LogP) is 2.50. The standard InChI is InChI=1S/C14H20BrNO3/c1-4-16(5-2)13(18)9-19-14-10(3)6-12(15)7-11(14)8-17/h6-7,17H,4-5,8-9H2,1-3H3. The molecule has 1 amide bonds. The second kappa shape index (κ2) is 7.50. The van der Waals surface area contributed by atoms with Crippen LogP contribution in [0.5, 0.6) is 5.75 Å². The van der Waals surface area contributed by atoms with Crippen LogP contribution in [-0.2, 0) is 11.4 Å². The van der Waals surface area contributed by atoms with E-state index in [1.165, 1.54) is 0 Å². The van der Waals surface area contributed by atoms with Gasteiger partial charge in [-0.3, -0.25) is 4.79 Å². The van der Waals surface area contributed by atoms with Crippen LogP contribution in [0.15, 0.2) is 16.6 Å². The fraction of sp³-hybridized carbons (Fsp3) is 0.500. The van der Waals surface area contributed by atoms with Gasteiger partial charge in [-0.15, -0.1) is 0 Å². The SMILES string of the molecule is CCN(CC)C(=O)COc1c(C)cc(Br)cc1CO. The highest BCUT2D eigenvalue weighted by molar-refractivity contribution is 9.10. The average molecular weight is 330 g/mol. The number of ether oxygens (including phenoxy) is 1. The minimum atomic E-state index is -0.116. The Kier molecular flexibility index (Phi) is 6.31. The molecular weight excluding hydrogens is 310 g/mol. The molecule has 1 aromatic rings. The molecule has 0 aliphatic rings. The summed E-state index contributed by atoms with van der Waals surface area (Å²) in [7, 11) is 0. The first-order valence-electron chi connectivity index (χ1n) is 6.33. The molecule has 1 aromatic carbocycles. The van der Waals surface area contributed by atoms with Crippen molar-refractivity contribution in [1.29, 1.82) is 0 Å². The molecule has 0 aliphatic carbocycles. The van der Waals surface area contributed by atoms with Crippen LogP contribution in [-0.4, -0.2) is 35.6 Å². The molecule has 0 heterocycles. The number of amides is 1. The monoisotopic (exact) mass is 329 g/mol. The summed E-state index contributed by atoms with van der Waals surface area (Å²) >= 11 is 3.37. The van der Waals surface area contributed by atoms with E-state index in [-0.39, 0.29) is 19.1 Å². The normalized spacial score (nSPS) is 10.4. The van der Waals surface area contributed by atoms with Gasteiger partial charge in [0, 0.05) is 23.1 Å². The molecule has 0 aromatic heterocycles. The maximum Gasteiger partial charge on any atom is 0.260 e. The lowest BCUT2D eigenvalue weighted by Gasteiger charge is -2.20. The zero-order valence-corrected chi connectivity index (χ0v) is 13.2. The van der Waals surface area contributed by atoms with Crippen LogP contribution in [0.25, 0.3) is 0 Å². The number of aryl methyl sites for hydroxylation is 1. The molecule has 1 rings (SSSR count). The zero-order chi connectivity index (χ0) is 14.4. The maximum absolute atomic E-state index is 11.9. The van der Waals surface area contributed by atoms with E-state index in [1.54, 1.807) is 11.0 Å². The molecule has 5 heteroatoms. The van der Waals surface area contributed by atoms with E-state index in [2.05, 4.69) is 15.9 Å². The van der Waals surface area contributed by atoms with Crippen molar-refractivity contribution >= 4 is 21.8 Å². The van der Waals surface area contributed by atoms with Gasteiger partial charge in [0.05, 0.1) is 6.61 Å². The van der Waals surface area contributed by atoms with Gasteiger partial charge in [-0.25, -0.2) is 0 Å². The number of aliphatic hydroxyl groups excluding tert-OH is 1. The summed E-state index contributed by atoms with van der Waals surface area (Å²) in [5.41, 5.74) is 1.57. The van der Waals surface area contributed by atoms with Crippen molar-refractivity contribution in [2.24, 2.45) is 0 Å². The van der Waals surface area contributed by atoms with Crippen LogP contribution >= 0.6 is 15.9 Å². The van der Waals surface area contributed by atoms with E-state index in [9.17, 15) is 9.90 Å². The van der Waals surface area contributed by atoms with Gasteiger partial charge in [-0.05, 0) is 38.5 Å². The summed E-state index contributed by atoms with van der Waals surface area (Å²) in [5.74, 6) is 0.544. The number of carbonyl (C=O) groups is 1. The van der Waals surface area contributed by atoms with Crippen LogP contribution in [0.4, 0.5) is 0 Å². The van der Waals surface area contributed by atoms with Crippen molar-refractivity contribution in [1.82, 2.24) is 4.90 Å². The fourth-order valence-corrected chi connectivity index (χ4v) is 2.54. The lowest BCUT2D eigenvalue weighted by atomic mass is 10.1. The largest absolute Gasteiger partial charge is 0.483 e. The highest BCUT2D eigenvalue weighted by Crippen LogP contribution is 2.28. The lowest BCUT2D eigenvalue weighted by Crippen LogP contribution is -2.34. The molecule has 0 bridgehead atoms. The average Bonchev–Trinajstić information content (AvgIpc) is 2.38. The highest BCUT2D eigenvalue weighted by Gasteiger charge is 2.13. The van der Waals surface area contributed by atoms with Crippen LogP contribution in [0.3, 0.4) is 0 Å². The van der Waals surface area contributed by atoms with E-state index >= 15 is 0 Å².